The van der Waals surface area contributed by atoms with E-state index in [4.69, 9.17) is 4.42 Å². The van der Waals surface area contributed by atoms with E-state index in [2.05, 4.69) is 26.0 Å². The van der Waals surface area contributed by atoms with Gasteiger partial charge in [-0.15, -0.1) is 8.80 Å². The number of amides is 1. The molecule has 1 aromatic carbocycles. The molecule has 158 valence electrons. The maximum absolute atomic E-state index is 12.3. The molecule has 3 rings (SSSR count). The summed E-state index contributed by atoms with van der Waals surface area (Å²) in [4.78, 5) is 13.6. The van der Waals surface area contributed by atoms with E-state index in [0.29, 0.717) is 5.76 Å². The molecule has 2 heterocycles. The van der Waals surface area contributed by atoms with Gasteiger partial charge in [-0.3, -0.25) is 4.79 Å². The number of carbonyl (C=O) groups excluding carboxylic acids is 1. The SMILES string of the molecule is C=C(C)C(NC1=NS(=O)N=C1Nc1cccc(C(=O)N(C)C)c1O)c1cc(C)co1. The van der Waals surface area contributed by atoms with Crippen molar-refractivity contribution in [1.29, 1.82) is 0 Å². The fraction of sp³-hybridized carbons (Fsp3) is 0.250. The second kappa shape index (κ2) is 8.54. The number of furan rings is 1. The highest BCUT2D eigenvalue weighted by Gasteiger charge is 2.26. The number of hydrogen-bond donors (Lipinski definition) is 3. The van der Waals surface area contributed by atoms with Crippen LogP contribution in [0.1, 0.15) is 34.6 Å². The van der Waals surface area contributed by atoms with Gasteiger partial charge >= 0.3 is 0 Å². The van der Waals surface area contributed by atoms with Gasteiger partial charge in [0, 0.05) is 14.1 Å². The summed E-state index contributed by atoms with van der Waals surface area (Å²) < 4.78 is 25.5. The van der Waals surface area contributed by atoms with Crippen LogP contribution in [0.25, 0.3) is 0 Å². The van der Waals surface area contributed by atoms with E-state index in [-0.39, 0.29) is 34.6 Å². The van der Waals surface area contributed by atoms with Gasteiger partial charge in [0.15, 0.2) is 17.4 Å². The molecule has 3 N–H and O–H groups in total. The zero-order valence-corrected chi connectivity index (χ0v) is 17.9. The molecule has 0 spiro atoms. The minimum absolute atomic E-state index is 0.127. The van der Waals surface area contributed by atoms with Gasteiger partial charge < -0.3 is 25.1 Å². The van der Waals surface area contributed by atoms with Crippen molar-refractivity contribution in [1.82, 2.24) is 10.2 Å². The van der Waals surface area contributed by atoms with Gasteiger partial charge in [-0.1, -0.05) is 18.2 Å². The van der Waals surface area contributed by atoms with Crippen LogP contribution in [0.15, 0.2) is 55.9 Å². The number of hydrogen-bond acceptors (Lipinski definition) is 6. The average molecular weight is 430 g/mol. The lowest BCUT2D eigenvalue weighted by molar-refractivity contribution is 0.0824. The van der Waals surface area contributed by atoms with Crippen molar-refractivity contribution in [2.45, 2.75) is 19.9 Å². The van der Waals surface area contributed by atoms with Crippen LogP contribution in [0.3, 0.4) is 0 Å². The molecule has 0 aliphatic carbocycles. The first kappa shape index (κ1) is 21.3. The molecule has 9 nitrogen and oxygen atoms in total. The molecule has 1 aromatic heterocycles. The number of aromatic hydroxyl groups is 1. The molecule has 1 aliphatic rings. The van der Waals surface area contributed by atoms with Crippen LogP contribution in [0.2, 0.25) is 0 Å². The van der Waals surface area contributed by atoms with Crippen LogP contribution in [0, 0.1) is 6.92 Å². The number of phenols is 1. The van der Waals surface area contributed by atoms with E-state index in [1.807, 2.05) is 19.9 Å². The molecule has 2 aromatic rings. The zero-order valence-electron chi connectivity index (χ0n) is 17.1. The first-order chi connectivity index (χ1) is 14.2. The Hall–Kier alpha value is -3.40. The quantitative estimate of drug-likeness (QED) is 0.497. The first-order valence-electron chi connectivity index (χ1n) is 9.04. The maximum atomic E-state index is 12.3. The van der Waals surface area contributed by atoms with E-state index in [1.165, 1.54) is 11.0 Å². The summed E-state index contributed by atoms with van der Waals surface area (Å²) >= 11 is -1.83. The fourth-order valence-electron chi connectivity index (χ4n) is 2.80. The molecule has 0 bridgehead atoms. The summed E-state index contributed by atoms with van der Waals surface area (Å²) in [7, 11) is 3.18. The second-order valence-electron chi connectivity index (χ2n) is 7.09. The normalized spacial score (nSPS) is 16.5. The first-order valence-corrected chi connectivity index (χ1v) is 10.1. The molecule has 0 saturated carbocycles. The third kappa shape index (κ3) is 4.43. The van der Waals surface area contributed by atoms with Crippen LogP contribution in [-0.4, -0.2) is 45.9 Å². The number of aryl methyl sites for hydroxylation is 1. The Morgan fingerprint density at radius 1 is 1.30 bits per heavy atom. The molecule has 1 amide bonds. The Balaban J connectivity index is 1.87. The minimum Gasteiger partial charge on any atom is -0.505 e. The number of phenolic OH excluding ortho intramolecular Hbond substituents is 1. The lowest BCUT2D eigenvalue weighted by Gasteiger charge is -2.19. The molecular weight excluding hydrogens is 406 g/mol. The molecular formula is C20H23N5O4S. The highest BCUT2D eigenvalue weighted by atomic mass is 32.2. The molecule has 2 atom stereocenters. The summed E-state index contributed by atoms with van der Waals surface area (Å²) in [5.74, 6) is 0.414. The fourth-order valence-corrected chi connectivity index (χ4v) is 3.43. The highest BCUT2D eigenvalue weighted by molar-refractivity contribution is 7.83. The van der Waals surface area contributed by atoms with Crippen molar-refractivity contribution < 1.29 is 18.5 Å². The largest absolute Gasteiger partial charge is 0.505 e. The number of nitrogens with one attached hydrogen (secondary N) is 2. The van der Waals surface area contributed by atoms with E-state index in [9.17, 15) is 14.1 Å². The molecule has 30 heavy (non-hydrogen) atoms. The third-order valence-electron chi connectivity index (χ3n) is 4.30. The second-order valence-corrected chi connectivity index (χ2v) is 7.91. The van der Waals surface area contributed by atoms with Gasteiger partial charge in [-0.25, -0.2) is 4.21 Å². The van der Waals surface area contributed by atoms with E-state index < -0.39 is 17.2 Å². The zero-order chi connectivity index (χ0) is 22.0. The Morgan fingerprint density at radius 3 is 2.60 bits per heavy atom. The van der Waals surface area contributed by atoms with Gasteiger partial charge in [0.2, 0.25) is 0 Å². The molecule has 10 heteroatoms. The summed E-state index contributed by atoms with van der Waals surface area (Å²) in [6, 6.07) is 6.16. The number of rotatable bonds is 5. The van der Waals surface area contributed by atoms with Crippen molar-refractivity contribution in [3.63, 3.8) is 0 Å². The monoisotopic (exact) mass is 429 g/mol. The van der Waals surface area contributed by atoms with Gasteiger partial charge in [0.05, 0.1) is 17.5 Å². The van der Waals surface area contributed by atoms with Gasteiger partial charge in [0.1, 0.15) is 11.8 Å². The third-order valence-corrected chi connectivity index (χ3v) is 4.98. The lowest BCUT2D eigenvalue weighted by atomic mass is 10.1. The van der Waals surface area contributed by atoms with E-state index in [0.717, 1.165) is 11.1 Å². The van der Waals surface area contributed by atoms with E-state index in [1.54, 1.807) is 32.5 Å². The number of para-hydroxylation sites is 1. The van der Waals surface area contributed by atoms with Crippen molar-refractivity contribution in [2.24, 2.45) is 8.80 Å². The standard InChI is InChI=1S/C20H23N5O4S/c1-11(2)16(15-9-12(3)10-29-15)22-19-18(23-30(28)24-19)21-14-8-6-7-13(17(14)26)20(27)25(4)5/h6-10,16,26H,1H2,2-5H3,(H,21,23)(H,22,24). The van der Waals surface area contributed by atoms with Gasteiger partial charge in [0.25, 0.3) is 17.1 Å². The minimum atomic E-state index is -1.83. The van der Waals surface area contributed by atoms with E-state index >= 15 is 0 Å². The summed E-state index contributed by atoms with van der Waals surface area (Å²) in [5.41, 5.74) is 2.07. The summed E-state index contributed by atoms with van der Waals surface area (Å²) in [6.45, 7) is 7.71. The van der Waals surface area contributed by atoms with Gasteiger partial charge in [-0.2, -0.15) is 0 Å². The molecule has 0 radical (unpaired) electrons. The molecule has 1 aliphatic heterocycles. The predicted octanol–water partition coefficient (Wildman–Crippen LogP) is 2.70. The summed E-state index contributed by atoms with van der Waals surface area (Å²) in [6.07, 6.45) is 1.63. The van der Waals surface area contributed by atoms with Crippen LogP contribution in [0.4, 0.5) is 5.69 Å². The smallest absolute Gasteiger partial charge is 0.269 e. The number of carbonyl (C=O) groups is 1. The molecule has 0 fully saturated rings. The molecule has 0 saturated heterocycles. The Morgan fingerprint density at radius 2 is 2.00 bits per heavy atom. The molecule has 2 unspecified atom stereocenters. The van der Waals surface area contributed by atoms with Crippen molar-refractivity contribution in [3.05, 3.63) is 59.6 Å². The lowest BCUT2D eigenvalue weighted by Crippen LogP contribution is -2.37. The number of nitrogens with zero attached hydrogens (tertiary/aromatic N) is 3. The van der Waals surface area contributed by atoms with Crippen LogP contribution >= 0.6 is 0 Å². The van der Waals surface area contributed by atoms with Crippen LogP contribution in [0.5, 0.6) is 5.75 Å². The highest BCUT2D eigenvalue weighted by Crippen LogP contribution is 2.29. The number of benzene rings is 1. The Labute approximate surface area is 176 Å². The van der Waals surface area contributed by atoms with Crippen LogP contribution < -0.4 is 10.6 Å². The van der Waals surface area contributed by atoms with Crippen molar-refractivity contribution >= 4 is 34.4 Å². The van der Waals surface area contributed by atoms with Crippen molar-refractivity contribution in [2.75, 3.05) is 19.4 Å². The van der Waals surface area contributed by atoms with Crippen molar-refractivity contribution in [3.8, 4) is 5.75 Å². The topological polar surface area (TPSA) is 120 Å². The van der Waals surface area contributed by atoms with Gasteiger partial charge in [-0.05, 0) is 37.6 Å². The number of anilines is 1. The summed E-state index contributed by atoms with van der Waals surface area (Å²) in [5, 5.41) is 16.6. The maximum Gasteiger partial charge on any atom is 0.269 e. The Kier molecular flexibility index (Phi) is 6.06. The Bertz CT molecular complexity index is 1090. The van der Waals surface area contributed by atoms with Crippen LogP contribution in [-0.2, 0) is 11.2 Å². The number of amidine groups is 2. The average Bonchev–Trinajstić information content (AvgIpc) is 3.25. The predicted molar refractivity (Wildman–Crippen MR) is 117 cm³/mol.